The van der Waals surface area contributed by atoms with E-state index in [-0.39, 0.29) is 0 Å². The highest BCUT2D eigenvalue weighted by Crippen LogP contribution is 2.34. The molecule has 5 fully saturated rings. The van der Waals surface area contributed by atoms with Crippen molar-refractivity contribution < 1.29 is 9.47 Å². The van der Waals surface area contributed by atoms with Crippen molar-refractivity contribution in [1.82, 2.24) is 24.5 Å². The molecule has 6 rings (SSSR count). The predicted octanol–water partition coefficient (Wildman–Crippen LogP) is 1.15. The van der Waals surface area contributed by atoms with Crippen LogP contribution in [0.2, 0.25) is 0 Å². The number of rotatable bonds is 6. The first-order chi connectivity index (χ1) is 13.3. The SMILES string of the molecule is COc1ccccc1OCCN1CCCC(C2N3CN4CN(C3)CN2C4)C1. The maximum absolute atomic E-state index is 6.01. The Morgan fingerprint density at radius 3 is 2.37 bits per heavy atom. The van der Waals surface area contributed by atoms with Crippen LogP contribution in [0.5, 0.6) is 11.5 Å². The quantitative estimate of drug-likeness (QED) is 0.740. The number of benzene rings is 1. The lowest BCUT2D eigenvalue weighted by Crippen LogP contribution is -2.77. The fourth-order valence-electron chi connectivity index (χ4n) is 5.39. The molecule has 5 aliphatic rings. The topological polar surface area (TPSA) is 34.7 Å². The van der Waals surface area contributed by atoms with Gasteiger partial charge in [0.2, 0.25) is 0 Å². The Hall–Kier alpha value is -1.38. The molecule has 1 aromatic rings. The van der Waals surface area contributed by atoms with Gasteiger partial charge in [-0.15, -0.1) is 0 Å². The first-order valence-electron chi connectivity index (χ1n) is 10.2. The number of nitrogens with zero attached hydrogens (tertiary/aromatic N) is 5. The molecule has 5 aliphatic heterocycles. The molecule has 148 valence electrons. The predicted molar refractivity (Wildman–Crippen MR) is 103 cm³/mol. The molecule has 0 N–H and O–H groups in total. The van der Waals surface area contributed by atoms with Crippen LogP contribution in [0, 0.1) is 5.92 Å². The summed E-state index contributed by atoms with van der Waals surface area (Å²) in [6, 6.07) is 7.91. The van der Waals surface area contributed by atoms with Crippen LogP contribution >= 0.6 is 0 Å². The summed E-state index contributed by atoms with van der Waals surface area (Å²) in [6.45, 7) is 9.80. The zero-order valence-corrected chi connectivity index (χ0v) is 16.3. The van der Waals surface area contributed by atoms with Gasteiger partial charge in [-0.3, -0.25) is 24.5 Å². The third-order valence-electron chi connectivity index (χ3n) is 6.37. The fourth-order valence-corrected chi connectivity index (χ4v) is 5.39. The van der Waals surface area contributed by atoms with Gasteiger partial charge in [0, 0.05) is 19.0 Å². The first kappa shape index (κ1) is 17.7. The minimum atomic E-state index is 0.621. The number of hydrogen-bond acceptors (Lipinski definition) is 7. The molecule has 0 spiro atoms. The van der Waals surface area contributed by atoms with Crippen LogP contribution in [0.1, 0.15) is 12.8 Å². The van der Waals surface area contributed by atoms with Gasteiger partial charge in [-0.2, -0.15) is 0 Å². The minimum absolute atomic E-state index is 0.621. The number of hydrogen-bond donors (Lipinski definition) is 0. The summed E-state index contributed by atoms with van der Waals surface area (Å²) in [5.74, 6) is 2.40. The zero-order valence-electron chi connectivity index (χ0n) is 16.3. The number of piperidine rings is 1. The number of para-hydroxylation sites is 2. The van der Waals surface area contributed by atoms with Crippen molar-refractivity contribution in [2.45, 2.75) is 19.0 Å². The minimum Gasteiger partial charge on any atom is -0.493 e. The molecule has 5 saturated heterocycles. The summed E-state index contributed by atoms with van der Waals surface area (Å²) < 4.78 is 11.4. The van der Waals surface area contributed by atoms with Crippen LogP contribution in [0.15, 0.2) is 24.3 Å². The highest BCUT2D eigenvalue weighted by atomic mass is 16.5. The van der Waals surface area contributed by atoms with Crippen LogP contribution in [-0.4, -0.2) is 97.4 Å². The second kappa shape index (κ2) is 7.56. The number of ether oxygens (including phenoxy) is 2. The van der Waals surface area contributed by atoms with Crippen LogP contribution < -0.4 is 9.47 Å². The number of likely N-dealkylation sites (tertiary alicyclic amines) is 1. The summed E-state index contributed by atoms with van der Waals surface area (Å²) in [7, 11) is 1.69. The van der Waals surface area contributed by atoms with E-state index >= 15 is 0 Å². The summed E-state index contributed by atoms with van der Waals surface area (Å²) in [4.78, 5) is 13.0. The third kappa shape index (κ3) is 3.54. The lowest BCUT2D eigenvalue weighted by atomic mass is 9.92. The molecule has 0 radical (unpaired) electrons. The normalized spacial score (nSPS) is 38.1. The smallest absolute Gasteiger partial charge is 0.161 e. The van der Waals surface area contributed by atoms with E-state index in [0.29, 0.717) is 12.8 Å². The molecule has 1 atom stereocenters. The Balaban J connectivity index is 1.16. The van der Waals surface area contributed by atoms with Gasteiger partial charge in [-0.1, -0.05) is 12.1 Å². The van der Waals surface area contributed by atoms with Gasteiger partial charge in [-0.25, -0.2) is 0 Å². The number of methoxy groups -OCH3 is 1. The molecule has 1 unspecified atom stereocenters. The molecular formula is C20H31N5O2. The van der Waals surface area contributed by atoms with Crippen molar-refractivity contribution in [1.29, 1.82) is 0 Å². The molecule has 0 aromatic heterocycles. The van der Waals surface area contributed by atoms with E-state index in [1.54, 1.807) is 7.11 Å². The Labute approximate surface area is 162 Å². The van der Waals surface area contributed by atoms with E-state index in [2.05, 4.69) is 24.5 Å². The first-order valence-corrected chi connectivity index (χ1v) is 10.2. The van der Waals surface area contributed by atoms with E-state index in [9.17, 15) is 0 Å². The van der Waals surface area contributed by atoms with E-state index in [4.69, 9.17) is 9.47 Å². The molecule has 1 aromatic carbocycles. The fraction of sp³-hybridized carbons (Fsp3) is 0.700. The van der Waals surface area contributed by atoms with Crippen molar-refractivity contribution in [2.75, 3.05) is 66.7 Å². The Kier molecular flexibility index (Phi) is 4.96. The van der Waals surface area contributed by atoms with E-state index in [0.717, 1.165) is 57.3 Å². The van der Waals surface area contributed by atoms with Gasteiger partial charge >= 0.3 is 0 Å². The molecule has 5 heterocycles. The van der Waals surface area contributed by atoms with Crippen molar-refractivity contribution in [3.8, 4) is 11.5 Å². The van der Waals surface area contributed by atoms with Gasteiger partial charge in [0.15, 0.2) is 11.5 Å². The summed E-state index contributed by atoms with van der Waals surface area (Å²) >= 11 is 0. The van der Waals surface area contributed by atoms with Gasteiger partial charge in [0.05, 0.1) is 46.6 Å². The van der Waals surface area contributed by atoms with Gasteiger partial charge < -0.3 is 9.47 Å². The standard InChI is InChI=1S/C20H31N5O2/c1-26-18-6-2-3-7-19(18)27-10-9-21-8-4-5-17(11-21)20-24-13-22-12-23(15-24)16-25(20)14-22/h2-3,6-7,17,20H,4-5,8-16H2,1H3. The monoisotopic (exact) mass is 373 g/mol. The molecular weight excluding hydrogens is 342 g/mol. The maximum Gasteiger partial charge on any atom is 0.161 e. The molecule has 7 heteroatoms. The second-order valence-corrected chi connectivity index (χ2v) is 8.34. The van der Waals surface area contributed by atoms with Crippen molar-refractivity contribution >= 4 is 0 Å². The molecule has 7 nitrogen and oxygen atoms in total. The lowest BCUT2D eigenvalue weighted by Gasteiger charge is -2.62. The second-order valence-electron chi connectivity index (χ2n) is 8.34. The summed E-state index contributed by atoms with van der Waals surface area (Å²) in [6.07, 6.45) is 3.27. The van der Waals surface area contributed by atoms with Gasteiger partial charge in [0.1, 0.15) is 6.61 Å². The van der Waals surface area contributed by atoms with Gasteiger partial charge in [-0.05, 0) is 31.5 Å². The molecule has 27 heavy (non-hydrogen) atoms. The molecule has 0 aliphatic carbocycles. The van der Waals surface area contributed by atoms with E-state index < -0.39 is 0 Å². The highest BCUT2D eigenvalue weighted by Gasteiger charge is 2.46. The van der Waals surface area contributed by atoms with Crippen LogP contribution in [-0.2, 0) is 0 Å². The van der Waals surface area contributed by atoms with Crippen molar-refractivity contribution in [3.63, 3.8) is 0 Å². The highest BCUT2D eigenvalue weighted by molar-refractivity contribution is 5.39. The molecule has 0 saturated carbocycles. The van der Waals surface area contributed by atoms with Crippen LogP contribution in [0.25, 0.3) is 0 Å². The van der Waals surface area contributed by atoms with Gasteiger partial charge in [0.25, 0.3) is 0 Å². The third-order valence-corrected chi connectivity index (χ3v) is 6.37. The Morgan fingerprint density at radius 2 is 1.67 bits per heavy atom. The average molecular weight is 374 g/mol. The molecule has 4 bridgehead atoms. The Bertz CT molecular complexity index is 629. The zero-order chi connectivity index (χ0) is 18.2. The largest absolute Gasteiger partial charge is 0.493 e. The Morgan fingerprint density at radius 1 is 0.963 bits per heavy atom. The van der Waals surface area contributed by atoms with Crippen molar-refractivity contribution in [3.05, 3.63) is 24.3 Å². The average Bonchev–Trinajstić information content (AvgIpc) is 2.68. The van der Waals surface area contributed by atoms with E-state index in [1.165, 1.54) is 25.9 Å². The maximum atomic E-state index is 6.01. The molecule has 0 amide bonds. The lowest BCUT2D eigenvalue weighted by molar-refractivity contribution is -0.246. The van der Waals surface area contributed by atoms with E-state index in [1.807, 2.05) is 24.3 Å². The van der Waals surface area contributed by atoms with Crippen LogP contribution in [0.3, 0.4) is 0 Å². The summed E-state index contributed by atoms with van der Waals surface area (Å²) in [5.41, 5.74) is 0. The van der Waals surface area contributed by atoms with Crippen LogP contribution in [0.4, 0.5) is 0 Å². The summed E-state index contributed by atoms with van der Waals surface area (Å²) in [5, 5.41) is 0. The van der Waals surface area contributed by atoms with Crippen molar-refractivity contribution in [2.24, 2.45) is 5.92 Å².